The number of aliphatic hydroxyl groups is 1. The van der Waals surface area contributed by atoms with E-state index >= 15 is 0 Å². The summed E-state index contributed by atoms with van der Waals surface area (Å²) in [6.45, 7) is 5.88. The molecule has 0 fully saturated rings. The van der Waals surface area contributed by atoms with E-state index in [1.165, 1.54) is 0 Å². The van der Waals surface area contributed by atoms with Crippen LogP contribution in [-0.4, -0.2) is 10.7 Å². The lowest BCUT2D eigenvalue weighted by atomic mass is 9.99. The van der Waals surface area contributed by atoms with Gasteiger partial charge in [-0.15, -0.1) is 0 Å². The van der Waals surface area contributed by atoms with Crippen LogP contribution in [0.25, 0.3) is 0 Å². The second kappa shape index (κ2) is 6.01. The van der Waals surface area contributed by atoms with Crippen molar-refractivity contribution >= 4 is 0 Å². The zero-order valence-electron chi connectivity index (χ0n) is 8.38. The molecule has 1 atom stereocenters. The first-order chi connectivity index (χ1) is 5.62. The molecule has 0 aromatic carbocycles. The smallest absolute Gasteiger partial charge is 0.0802 e. The lowest BCUT2D eigenvalue weighted by Crippen LogP contribution is -2.19. The average molecular weight is 168 g/mol. The van der Waals surface area contributed by atoms with Gasteiger partial charge in [-0.05, 0) is 33.1 Å². The molecule has 0 amide bonds. The van der Waals surface area contributed by atoms with Crippen LogP contribution in [0, 0.1) is 0 Å². The molecular formula is C11H20O. The molecular weight excluding hydrogens is 148 g/mol. The second-order valence-electron chi connectivity index (χ2n) is 3.28. The Bertz CT molecular complexity index is 154. The van der Waals surface area contributed by atoms with Gasteiger partial charge < -0.3 is 5.11 Å². The van der Waals surface area contributed by atoms with Crippen LogP contribution in [0.3, 0.4) is 0 Å². The van der Waals surface area contributed by atoms with Gasteiger partial charge in [0.2, 0.25) is 0 Å². The maximum atomic E-state index is 9.69. The van der Waals surface area contributed by atoms with Gasteiger partial charge in [-0.3, -0.25) is 0 Å². The Morgan fingerprint density at radius 1 is 1.33 bits per heavy atom. The van der Waals surface area contributed by atoms with Gasteiger partial charge in [-0.1, -0.05) is 31.2 Å². The van der Waals surface area contributed by atoms with Gasteiger partial charge in [-0.2, -0.15) is 0 Å². The number of rotatable bonds is 5. The molecule has 0 bridgehead atoms. The second-order valence-corrected chi connectivity index (χ2v) is 3.28. The Hall–Kier alpha value is -0.560. The van der Waals surface area contributed by atoms with E-state index in [4.69, 9.17) is 0 Å². The van der Waals surface area contributed by atoms with E-state index < -0.39 is 5.60 Å². The minimum atomic E-state index is -0.632. The summed E-state index contributed by atoms with van der Waals surface area (Å²) in [4.78, 5) is 0. The van der Waals surface area contributed by atoms with Gasteiger partial charge >= 0.3 is 0 Å². The van der Waals surface area contributed by atoms with Crippen LogP contribution in [0.2, 0.25) is 0 Å². The molecule has 0 aliphatic heterocycles. The van der Waals surface area contributed by atoms with Crippen molar-refractivity contribution in [1.29, 1.82) is 0 Å². The molecule has 0 radical (unpaired) electrons. The highest BCUT2D eigenvalue weighted by Gasteiger charge is 2.13. The summed E-state index contributed by atoms with van der Waals surface area (Å²) in [6, 6.07) is 0. The fourth-order valence-electron chi connectivity index (χ4n) is 1.10. The Labute approximate surface area is 75.8 Å². The molecule has 0 aromatic heterocycles. The zero-order chi connectivity index (χ0) is 9.45. The molecule has 0 aliphatic rings. The van der Waals surface area contributed by atoms with Crippen LogP contribution in [0.4, 0.5) is 0 Å². The number of hydrogen-bond donors (Lipinski definition) is 1. The maximum Gasteiger partial charge on any atom is 0.0802 e. The van der Waals surface area contributed by atoms with Crippen molar-refractivity contribution in [3.05, 3.63) is 24.3 Å². The minimum absolute atomic E-state index is 0.632. The van der Waals surface area contributed by atoms with E-state index in [-0.39, 0.29) is 0 Å². The average Bonchev–Trinajstić information content (AvgIpc) is 1.98. The molecule has 0 rings (SSSR count). The highest BCUT2D eigenvalue weighted by atomic mass is 16.3. The molecule has 0 heterocycles. The molecule has 1 N–H and O–H groups in total. The Morgan fingerprint density at radius 2 is 2.00 bits per heavy atom. The summed E-state index contributed by atoms with van der Waals surface area (Å²) in [6.07, 6.45) is 10.8. The first-order valence-electron chi connectivity index (χ1n) is 4.63. The minimum Gasteiger partial charge on any atom is -0.386 e. The van der Waals surface area contributed by atoms with Crippen molar-refractivity contribution in [1.82, 2.24) is 0 Å². The summed E-state index contributed by atoms with van der Waals surface area (Å²) in [5, 5.41) is 9.69. The normalized spacial score (nSPS) is 17.3. The largest absolute Gasteiger partial charge is 0.386 e. The summed E-state index contributed by atoms with van der Waals surface area (Å²) >= 11 is 0. The molecule has 1 heteroatoms. The van der Waals surface area contributed by atoms with Crippen LogP contribution in [0.5, 0.6) is 0 Å². The van der Waals surface area contributed by atoms with Gasteiger partial charge in [0.25, 0.3) is 0 Å². The molecule has 0 aromatic rings. The highest BCUT2D eigenvalue weighted by molar-refractivity contribution is 4.97. The van der Waals surface area contributed by atoms with E-state index in [9.17, 15) is 5.11 Å². The maximum absolute atomic E-state index is 9.69. The monoisotopic (exact) mass is 168 g/mol. The van der Waals surface area contributed by atoms with Crippen LogP contribution in [0.15, 0.2) is 24.3 Å². The van der Waals surface area contributed by atoms with Crippen molar-refractivity contribution in [2.45, 2.75) is 45.6 Å². The molecule has 1 unspecified atom stereocenters. The third-order valence-electron chi connectivity index (χ3n) is 1.75. The van der Waals surface area contributed by atoms with E-state index in [1.807, 2.05) is 26.0 Å². The molecule has 70 valence electrons. The van der Waals surface area contributed by atoms with Crippen molar-refractivity contribution in [3.8, 4) is 0 Å². The van der Waals surface area contributed by atoms with E-state index in [1.54, 1.807) is 0 Å². The number of allylic oxidation sites excluding steroid dienone is 3. The molecule has 0 aliphatic carbocycles. The van der Waals surface area contributed by atoms with E-state index in [2.05, 4.69) is 19.1 Å². The Balaban J connectivity index is 3.68. The third-order valence-corrected chi connectivity index (χ3v) is 1.75. The van der Waals surface area contributed by atoms with Crippen LogP contribution in [-0.2, 0) is 0 Å². The number of hydrogen-bond acceptors (Lipinski definition) is 1. The topological polar surface area (TPSA) is 20.2 Å². The summed E-state index contributed by atoms with van der Waals surface area (Å²) in [5.41, 5.74) is -0.632. The van der Waals surface area contributed by atoms with Gasteiger partial charge in [0.1, 0.15) is 0 Å². The van der Waals surface area contributed by atoms with E-state index in [0.717, 1.165) is 19.3 Å². The first kappa shape index (κ1) is 11.4. The standard InChI is InChI=1S/C11H20O/c1-4-6-7-8-10-11(3,12)9-5-2/h5-7,9,12H,4,8,10H2,1-3H3/b7-6+,9-5+. The van der Waals surface area contributed by atoms with Crippen molar-refractivity contribution in [3.63, 3.8) is 0 Å². The highest BCUT2D eigenvalue weighted by Crippen LogP contribution is 2.13. The van der Waals surface area contributed by atoms with Crippen LogP contribution < -0.4 is 0 Å². The van der Waals surface area contributed by atoms with E-state index in [0.29, 0.717) is 0 Å². The van der Waals surface area contributed by atoms with Gasteiger partial charge in [0.05, 0.1) is 5.60 Å². The summed E-state index contributed by atoms with van der Waals surface area (Å²) in [7, 11) is 0. The first-order valence-corrected chi connectivity index (χ1v) is 4.63. The molecule has 12 heavy (non-hydrogen) atoms. The summed E-state index contributed by atoms with van der Waals surface area (Å²) < 4.78 is 0. The van der Waals surface area contributed by atoms with Crippen molar-refractivity contribution in [2.75, 3.05) is 0 Å². The predicted octanol–water partition coefficient (Wildman–Crippen LogP) is 3.06. The molecule has 0 saturated carbocycles. The molecule has 1 nitrogen and oxygen atoms in total. The lowest BCUT2D eigenvalue weighted by Gasteiger charge is -2.17. The summed E-state index contributed by atoms with van der Waals surface area (Å²) in [5.74, 6) is 0. The molecule has 0 saturated heterocycles. The third kappa shape index (κ3) is 6.17. The van der Waals surface area contributed by atoms with Crippen LogP contribution >= 0.6 is 0 Å². The van der Waals surface area contributed by atoms with Crippen molar-refractivity contribution < 1.29 is 5.11 Å². The van der Waals surface area contributed by atoms with Crippen molar-refractivity contribution in [2.24, 2.45) is 0 Å². The van der Waals surface area contributed by atoms with Gasteiger partial charge in [-0.25, -0.2) is 0 Å². The Kier molecular flexibility index (Phi) is 5.73. The SMILES string of the molecule is C/C=C/C(C)(O)CC/C=C/CC. The van der Waals surface area contributed by atoms with Gasteiger partial charge in [0.15, 0.2) is 0 Å². The Morgan fingerprint density at radius 3 is 2.50 bits per heavy atom. The zero-order valence-corrected chi connectivity index (χ0v) is 8.38. The fraction of sp³-hybridized carbons (Fsp3) is 0.636. The van der Waals surface area contributed by atoms with Gasteiger partial charge in [0, 0.05) is 0 Å². The predicted molar refractivity (Wildman–Crippen MR) is 54.1 cm³/mol. The molecule has 0 spiro atoms. The van der Waals surface area contributed by atoms with Crippen LogP contribution in [0.1, 0.15) is 40.0 Å². The quantitative estimate of drug-likeness (QED) is 0.625. The lowest BCUT2D eigenvalue weighted by molar-refractivity contribution is 0.103. The fourth-order valence-corrected chi connectivity index (χ4v) is 1.10.